The van der Waals surface area contributed by atoms with Gasteiger partial charge in [-0.1, -0.05) is 90.7 Å². The average Bonchev–Trinajstić information content (AvgIpc) is 3.02. The van der Waals surface area contributed by atoms with Crippen molar-refractivity contribution >= 4 is 63.5 Å². The number of thioether (sulfide) groups is 1. The highest BCUT2D eigenvalue weighted by molar-refractivity contribution is 8.26. The maximum Gasteiger partial charge on any atom is 0.266 e. The van der Waals surface area contributed by atoms with Gasteiger partial charge in [-0.05, 0) is 37.1 Å². The largest absolute Gasteiger partial charge is 0.488 e. The molecule has 156 valence electrons. The summed E-state index contributed by atoms with van der Waals surface area (Å²) in [6.07, 6.45) is 7.49. The number of thiocarbonyl (C=S) groups is 1. The Kier molecular flexibility index (Phi) is 7.04. The van der Waals surface area contributed by atoms with Gasteiger partial charge in [-0.25, -0.2) is 0 Å². The van der Waals surface area contributed by atoms with E-state index in [1.54, 1.807) is 12.1 Å². The van der Waals surface area contributed by atoms with Crippen molar-refractivity contribution in [2.75, 3.05) is 0 Å². The molecule has 4 rings (SSSR count). The predicted molar refractivity (Wildman–Crippen MR) is 129 cm³/mol. The van der Waals surface area contributed by atoms with Crippen molar-refractivity contribution in [3.05, 3.63) is 68.5 Å². The van der Waals surface area contributed by atoms with E-state index in [-0.39, 0.29) is 11.9 Å². The molecule has 1 saturated heterocycles. The number of carbonyl (C=O) groups is 1. The minimum Gasteiger partial charge on any atom is -0.488 e. The van der Waals surface area contributed by atoms with Gasteiger partial charge in [0.05, 0.1) is 4.91 Å². The normalized spacial score (nSPS) is 19.0. The second-order valence-electron chi connectivity index (χ2n) is 7.41. The quantitative estimate of drug-likeness (QED) is 0.339. The second kappa shape index (κ2) is 9.73. The molecule has 3 nitrogen and oxygen atoms in total. The molecule has 0 aromatic heterocycles. The van der Waals surface area contributed by atoms with Crippen LogP contribution in [0.25, 0.3) is 6.08 Å². The summed E-state index contributed by atoms with van der Waals surface area (Å²) in [7, 11) is 0. The van der Waals surface area contributed by atoms with Crippen LogP contribution in [0.5, 0.6) is 5.75 Å². The van der Waals surface area contributed by atoms with Crippen molar-refractivity contribution in [2.24, 2.45) is 0 Å². The molecule has 2 fully saturated rings. The summed E-state index contributed by atoms with van der Waals surface area (Å²) in [6, 6.07) is 13.2. The van der Waals surface area contributed by atoms with Crippen molar-refractivity contribution in [3.63, 3.8) is 0 Å². The van der Waals surface area contributed by atoms with Gasteiger partial charge in [-0.15, -0.1) is 0 Å². The van der Waals surface area contributed by atoms with E-state index < -0.39 is 0 Å². The number of benzene rings is 2. The van der Waals surface area contributed by atoms with E-state index in [0.717, 1.165) is 36.8 Å². The molecule has 1 heterocycles. The predicted octanol–water partition coefficient (Wildman–Crippen LogP) is 7.11. The molecule has 0 N–H and O–H groups in total. The van der Waals surface area contributed by atoms with E-state index in [1.165, 1.54) is 18.2 Å². The van der Waals surface area contributed by atoms with Crippen molar-refractivity contribution in [2.45, 2.75) is 44.8 Å². The van der Waals surface area contributed by atoms with Crippen LogP contribution in [0, 0.1) is 0 Å². The summed E-state index contributed by atoms with van der Waals surface area (Å²) in [4.78, 5) is 15.5. The Bertz CT molecular complexity index is 1000. The minimum absolute atomic E-state index is 0.00690. The molecule has 2 aromatic carbocycles. The highest BCUT2D eigenvalue weighted by Gasteiger charge is 2.37. The Morgan fingerprint density at radius 1 is 1.13 bits per heavy atom. The first-order valence-corrected chi connectivity index (χ1v) is 11.9. The van der Waals surface area contributed by atoms with E-state index in [1.807, 2.05) is 41.3 Å². The molecule has 1 saturated carbocycles. The average molecular weight is 478 g/mol. The second-order valence-corrected chi connectivity index (χ2v) is 9.93. The lowest BCUT2D eigenvalue weighted by atomic mass is 9.94. The topological polar surface area (TPSA) is 29.5 Å². The van der Waals surface area contributed by atoms with Crippen molar-refractivity contribution in [1.29, 1.82) is 0 Å². The fraction of sp³-hybridized carbons (Fsp3) is 0.304. The number of halogens is 2. The standard InChI is InChI=1S/C23H21Cl2NO2S2/c24-17-11-10-16(19(25)13-17)14-28-20-9-5-4-6-15(20)12-21-22(27)26(23(29)30-21)18-7-2-1-3-8-18/h4-6,9-13,18H,1-3,7-8,14H2/b21-12+. The van der Waals surface area contributed by atoms with Crippen LogP contribution in [0.4, 0.5) is 0 Å². The Balaban J connectivity index is 1.52. The van der Waals surface area contributed by atoms with Crippen molar-refractivity contribution in [1.82, 2.24) is 4.90 Å². The molecule has 2 aromatic rings. The third kappa shape index (κ3) is 4.86. The van der Waals surface area contributed by atoms with Crippen LogP contribution in [0.3, 0.4) is 0 Å². The van der Waals surface area contributed by atoms with Crippen LogP contribution < -0.4 is 4.74 Å². The fourth-order valence-corrected chi connectivity index (χ4v) is 5.65. The van der Waals surface area contributed by atoms with Gasteiger partial charge in [0, 0.05) is 27.2 Å². The van der Waals surface area contributed by atoms with Crippen molar-refractivity contribution in [3.8, 4) is 5.75 Å². The number of ether oxygens (including phenoxy) is 1. The molecule has 2 aliphatic rings. The van der Waals surface area contributed by atoms with Crippen LogP contribution in [0.15, 0.2) is 47.4 Å². The van der Waals surface area contributed by atoms with E-state index in [4.69, 9.17) is 40.2 Å². The highest BCUT2D eigenvalue weighted by Crippen LogP contribution is 2.38. The molecular formula is C23H21Cl2NO2S2. The van der Waals surface area contributed by atoms with Crippen LogP contribution in [-0.2, 0) is 11.4 Å². The summed E-state index contributed by atoms with van der Waals surface area (Å²) in [5, 5.41) is 1.15. The van der Waals surface area contributed by atoms with Crippen LogP contribution >= 0.6 is 47.2 Å². The fourth-order valence-electron chi connectivity index (χ4n) is 3.80. The lowest BCUT2D eigenvalue weighted by molar-refractivity contribution is -0.124. The smallest absolute Gasteiger partial charge is 0.266 e. The third-order valence-corrected chi connectivity index (χ3v) is 7.28. The first-order valence-electron chi connectivity index (χ1n) is 9.96. The zero-order valence-electron chi connectivity index (χ0n) is 16.3. The first-order chi connectivity index (χ1) is 14.5. The number of para-hydroxylation sites is 1. The lowest BCUT2D eigenvalue weighted by Gasteiger charge is -2.29. The number of carbonyl (C=O) groups excluding carboxylic acids is 1. The Hall–Kier alpha value is -1.53. The van der Waals surface area contributed by atoms with Gasteiger partial charge in [-0.2, -0.15) is 0 Å². The lowest BCUT2D eigenvalue weighted by Crippen LogP contribution is -2.39. The first kappa shape index (κ1) is 21.7. The molecule has 1 aliphatic carbocycles. The Morgan fingerprint density at radius 3 is 2.67 bits per heavy atom. The minimum atomic E-state index is 0.00690. The van der Waals surface area contributed by atoms with Gasteiger partial charge < -0.3 is 4.74 Å². The van der Waals surface area contributed by atoms with E-state index in [0.29, 0.717) is 31.6 Å². The number of hydrogen-bond acceptors (Lipinski definition) is 4. The molecule has 0 bridgehead atoms. The molecule has 1 amide bonds. The maximum atomic E-state index is 13.1. The summed E-state index contributed by atoms with van der Waals surface area (Å²) in [6.45, 7) is 0.309. The maximum absolute atomic E-state index is 13.1. The SMILES string of the molecule is O=C1/C(=C\c2ccccc2OCc2ccc(Cl)cc2Cl)SC(=S)N1C1CCCCC1. The van der Waals surface area contributed by atoms with E-state index in [2.05, 4.69) is 0 Å². The van der Waals surface area contributed by atoms with Gasteiger partial charge in [0.15, 0.2) is 0 Å². The summed E-state index contributed by atoms with van der Waals surface area (Å²) in [5.41, 5.74) is 1.69. The van der Waals surface area contributed by atoms with E-state index >= 15 is 0 Å². The number of hydrogen-bond donors (Lipinski definition) is 0. The molecule has 0 radical (unpaired) electrons. The Morgan fingerprint density at radius 2 is 1.90 bits per heavy atom. The molecule has 0 spiro atoms. The molecule has 0 atom stereocenters. The Labute approximate surface area is 196 Å². The van der Waals surface area contributed by atoms with E-state index in [9.17, 15) is 4.79 Å². The van der Waals surface area contributed by atoms with Gasteiger partial charge in [0.25, 0.3) is 5.91 Å². The van der Waals surface area contributed by atoms with Crippen LogP contribution in [-0.4, -0.2) is 21.2 Å². The summed E-state index contributed by atoms with van der Waals surface area (Å²) >= 11 is 19.1. The number of amides is 1. The molecule has 30 heavy (non-hydrogen) atoms. The van der Waals surface area contributed by atoms with Crippen molar-refractivity contribution < 1.29 is 9.53 Å². The van der Waals surface area contributed by atoms with Crippen LogP contribution in [0.1, 0.15) is 43.2 Å². The zero-order chi connectivity index (χ0) is 21.1. The number of rotatable bonds is 5. The monoisotopic (exact) mass is 477 g/mol. The summed E-state index contributed by atoms with van der Waals surface area (Å²) < 4.78 is 6.68. The van der Waals surface area contributed by atoms with Crippen LogP contribution in [0.2, 0.25) is 10.0 Å². The third-order valence-electron chi connectivity index (χ3n) is 5.37. The molecule has 7 heteroatoms. The van der Waals surface area contributed by atoms with Gasteiger partial charge >= 0.3 is 0 Å². The van der Waals surface area contributed by atoms with Gasteiger partial charge in [0.1, 0.15) is 16.7 Å². The molecular weight excluding hydrogens is 457 g/mol. The van der Waals surface area contributed by atoms with Gasteiger partial charge in [-0.3, -0.25) is 9.69 Å². The number of nitrogens with zero attached hydrogens (tertiary/aromatic N) is 1. The molecule has 1 aliphatic heterocycles. The highest BCUT2D eigenvalue weighted by atomic mass is 35.5. The van der Waals surface area contributed by atoms with Gasteiger partial charge in [0.2, 0.25) is 0 Å². The molecule has 0 unspecified atom stereocenters. The summed E-state index contributed by atoms with van der Waals surface area (Å²) in [5.74, 6) is 0.693. The zero-order valence-corrected chi connectivity index (χ0v) is 19.4.